The predicted molar refractivity (Wildman–Crippen MR) is 75.9 cm³/mol. The summed E-state index contributed by atoms with van der Waals surface area (Å²) in [5.74, 6) is 0.893. The molecule has 1 N–H and O–H groups in total. The van der Waals surface area contributed by atoms with Gasteiger partial charge in [0.05, 0.1) is 6.10 Å². The van der Waals surface area contributed by atoms with E-state index in [2.05, 4.69) is 42.7 Å². The van der Waals surface area contributed by atoms with Gasteiger partial charge in [-0.05, 0) is 40.9 Å². The Hall–Kier alpha value is -1.13. The van der Waals surface area contributed by atoms with Gasteiger partial charge in [0.1, 0.15) is 5.82 Å². The molecule has 0 radical (unpaired) electrons. The van der Waals surface area contributed by atoms with E-state index in [1.165, 1.54) is 0 Å². The molecular weight excluding hydrogens is 226 g/mol. The monoisotopic (exact) mass is 251 g/mol. The Morgan fingerprint density at radius 2 is 2.00 bits per heavy atom. The van der Waals surface area contributed by atoms with Gasteiger partial charge in [0, 0.05) is 30.9 Å². The number of aromatic nitrogens is 1. The first-order valence-electron chi connectivity index (χ1n) is 6.51. The number of rotatable bonds is 6. The topological polar surface area (TPSA) is 39.6 Å². The number of hydrogen-bond donors (Lipinski definition) is 1. The molecule has 0 aromatic carbocycles. The van der Waals surface area contributed by atoms with Crippen LogP contribution in [0.15, 0.2) is 18.3 Å². The summed E-state index contributed by atoms with van der Waals surface area (Å²) in [5, 5.41) is 9.84. The minimum atomic E-state index is -0.491. The molecule has 0 spiro atoms. The summed E-state index contributed by atoms with van der Waals surface area (Å²) in [6.07, 6.45) is 1.29. The minimum Gasteiger partial charge on any atom is -0.389 e. The molecule has 1 rings (SSSR count). The largest absolute Gasteiger partial charge is 0.389 e. The van der Waals surface area contributed by atoms with Crippen molar-refractivity contribution in [2.75, 3.05) is 32.1 Å². The van der Waals surface area contributed by atoms with Gasteiger partial charge in [-0.1, -0.05) is 6.07 Å². The average molecular weight is 251 g/mol. The second-order valence-corrected chi connectivity index (χ2v) is 4.99. The SMILES string of the molecule is CCN(c1ncccc1[C@@H](C)O)C(C)CN(C)C. The molecule has 1 aromatic heterocycles. The van der Waals surface area contributed by atoms with Crippen molar-refractivity contribution in [2.24, 2.45) is 0 Å². The highest BCUT2D eigenvalue weighted by Gasteiger charge is 2.19. The molecule has 0 saturated heterocycles. The summed E-state index contributed by atoms with van der Waals surface area (Å²) in [7, 11) is 4.14. The zero-order valence-electron chi connectivity index (χ0n) is 12.1. The number of aliphatic hydroxyl groups is 1. The number of pyridine rings is 1. The Morgan fingerprint density at radius 1 is 1.33 bits per heavy atom. The van der Waals surface area contributed by atoms with Crippen LogP contribution in [0.3, 0.4) is 0 Å². The first-order valence-corrected chi connectivity index (χ1v) is 6.51. The second kappa shape index (κ2) is 6.71. The summed E-state index contributed by atoms with van der Waals surface area (Å²) < 4.78 is 0. The van der Waals surface area contributed by atoms with Crippen molar-refractivity contribution >= 4 is 5.82 Å². The smallest absolute Gasteiger partial charge is 0.134 e. The molecule has 0 aliphatic rings. The molecule has 0 saturated carbocycles. The van der Waals surface area contributed by atoms with Crippen LogP contribution in [0, 0.1) is 0 Å². The molecule has 4 heteroatoms. The van der Waals surface area contributed by atoms with E-state index in [4.69, 9.17) is 0 Å². The van der Waals surface area contributed by atoms with E-state index in [0.29, 0.717) is 6.04 Å². The van der Waals surface area contributed by atoms with Crippen molar-refractivity contribution in [3.8, 4) is 0 Å². The zero-order valence-corrected chi connectivity index (χ0v) is 12.1. The van der Waals surface area contributed by atoms with E-state index < -0.39 is 6.10 Å². The fourth-order valence-electron chi connectivity index (χ4n) is 2.27. The molecule has 0 aliphatic carbocycles. The van der Waals surface area contributed by atoms with Crippen LogP contribution in [-0.4, -0.2) is 48.2 Å². The van der Waals surface area contributed by atoms with Gasteiger partial charge in [-0.15, -0.1) is 0 Å². The third-order valence-corrected chi connectivity index (χ3v) is 3.04. The molecule has 1 unspecified atom stereocenters. The zero-order chi connectivity index (χ0) is 13.7. The molecular formula is C14H25N3O. The Bertz CT molecular complexity index is 366. The Labute approximate surface area is 110 Å². The van der Waals surface area contributed by atoms with E-state index in [1.54, 1.807) is 13.1 Å². The van der Waals surface area contributed by atoms with Crippen molar-refractivity contribution in [1.29, 1.82) is 0 Å². The molecule has 102 valence electrons. The van der Waals surface area contributed by atoms with Crippen LogP contribution in [-0.2, 0) is 0 Å². The summed E-state index contributed by atoms with van der Waals surface area (Å²) in [6, 6.07) is 4.17. The van der Waals surface area contributed by atoms with E-state index in [9.17, 15) is 5.11 Å². The van der Waals surface area contributed by atoms with Crippen molar-refractivity contribution < 1.29 is 5.11 Å². The van der Waals surface area contributed by atoms with Crippen LogP contribution in [0.25, 0.3) is 0 Å². The van der Waals surface area contributed by atoms with Gasteiger partial charge in [0.25, 0.3) is 0 Å². The fraction of sp³-hybridized carbons (Fsp3) is 0.643. The minimum absolute atomic E-state index is 0.359. The third-order valence-electron chi connectivity index (χ3n) is 3.04. The number of nitrogens with zero attached hydrogens (tertiary/aromatic N) is 3. The molecule has 0 fully saturated rings. The van der Waals surface area contributed by atoms with Gasteiger partial charge in [-0.3, -0.25) is 0 Å². The standard InChI is InChI=1S/C14H25N3O/c1-6-17(11(2)10-16(4)5)14-13(12(3)18)8-7-9-15-14/h7-9,11-12,18H,6,10H2,1-5H3/t11?,12-/m1/s1. The molecule has 0 aliphatic heterocycles. The van der Waals surface area contributed by atoms with Crippen molar-refractivity contribution in [3.63, 3.8) is 0 Å². The van der Waals surface area contributed by atoms with Gasteiger partial charge >= 0.3 is 0 Å². The summed E-state index contributed by atoms with van der Waals surface area (Å²) in [5.41, 5.74) is 0.893. The lowest BCUT2D eigenvalue weighted by molar-refractivity contribution is 0.199. The molecule has 18 heavy (non-hydrogen) atoms. The van der Waals surface area contributed by atoms with E-state index in [-0.39, 0.29) is 0 Å². The predicted octanol–water partition coefficient (Wildman–Crippen LogP) is 1.91. The number of anilines is 1. The van der Waals surface area contributed by atoms with Gasteiger partial charge in [0.15, 0.2) is 0 Å². The van der Waals surface area contributed by atoms with E-state index in [0.717, 1.165) is 24.5 Å². The quantitative estimate of drug-likeness (QED) is 0.838. The van der Waals surface area contributed by atoms with E-state index >= 15 is 0 Å². The van der Waals surface area contributed by atoms with Gasteiger partial charge in [-0.2, -0.15) is 0 Å². The summed E-state index contributed by atoms with van der Waals surface area (Å²) in [6.45, 7) is 7.93. The molecule has 1 aromatic rings. The lowest BCUT2D eigenvalue weighted by atomic mass is 10.1. The van der Waals surface area contributed by atoms with Crippen LogP contribution >= 0.6 is 0 Å². The fourth-order valence-corrected chi connectivity index (χ4v) is 2.27. The lowest BCUT2D eigenvalue weighted by Gasteiger charge is -2.32. The summed E-state index contributed by atoms with van der Waals surface area (Å²) in [4.78, 5) is 8.85. The highest BCUT2D eigenvalue weighted by atomic mass is 16.3. The Morgan fingerprint density at radius 3 is 2.50 bits per heavy atom. The van der Waals surface area contributed by atoms with Gasteiger partial charge < -0.3 is 14.9 Å². The molecule has 2 atom stereocenters. The van der Waals surface area contributed by atoms with Crippen LogP contribution < -0.4 is 4.90 Å². The van der Waals surface area contributed by atoms with Crippen molar-refractivity contribution in [1.82, 2.24) is 9.88 Å². The average Bonchev–Trinajstić information content (AvgIpc) is 2.29. The molecule has 0 bridgehead atoms. The third kappa shape index (κ3) is 3.68. The number of aliphatic hydroxyl groups excluding tert-OH is 1. The Balaban J connectivity index is 3.01. The van der Waals surface area contributed by atoms with Crippen LogP contribution in [0.2, 0.25) is 0 Å². The van der Waals surface area contributed by atoms with Gasteiger partial charge in [0.2, 0.25) is 0 Å². The van der Waals surface area contributed by atoms with Crippen LogP contribution in [0.4, 0.5) is 5.82 Å². The molecule has 1 heterocycles. The molecule has 0 amide bonds. The number of likely N-dealkylation sites (N-methyl/N-ethyl adjacent to an activating group) is 2. The van der Waals surface area contributed by atoms with Crippen molar-refractivity contribution in [2.45, 2.75) is 32.9 Å². The first kappa shape index (κ1) is 14.9. The molecule has 4 nitrogen and oxygen atoms in total. The van der Waals surface area contributed by atoms with E-state index in [1.807, 2.05) is 12.1 Å². The van der Waals surface area contributed by atoms with Crippen LogP contribution in [0.5, 0.6) is 0 Å². The van der Waals surface area contributed by atoms with Gasteiger partial charge in [-0.25, -0.2) is 4.98 Å². The highest BCUT2D eigenvalue weighted by Crippen LogP contribution is 2.25. The maximum atomic E-state index is 9.84. The normalized spacial score (nSPS) is 14.6. The maximum absolute atomic E-state index is 9.84. The first-order chi connectivity index (χ1) is 8.47. The second-order valence-electron chi connectivity index (χ2n) is 4.99. The Kier molecular flexibility index (Phi) is 5.56. The van der Waals surface area contributed by atoms with Crippen molar-refractivity contribution in [3.05, 3.63) is 23.9 Å². The van der Waals surface area contributed by atoms with Crippen LogP contribution in [0.1, 0.15) is 32.4 Å². The highest BCUT2D eigenvalue weighted by molar-refractivity contribution is 5.48. The lowest BCUT2D eigenvalue weighted by Crippen LogP contribution is -2.41. The maximum Gasteiger partial charge on any atom is 0.134 e. The summed E-state index contributed by atoms with van der Waals surface area (Å²) >= 11 is 0. The number of hydrogen-bond acceptors (Lipinski definition) is 4.